The normalized spacial score (nSPS) is 14.1. The summed E-state index contributed by atoms with van der Waals surface area (Å²) in [7, 11) is 1.32. The van der Waals surface area contributed by atoms with Gasteiger partial charge in [-0.25, -0.2) is 8.78 Å². The summed E-state index contributed by atoms with van der Waals surface area (Å²) in [5, 5.41) is 3.01. The summed E-state index contributed by atoms with van der Waals surface area (Å²) in [6, 6.07) is 3.26. The summed E-state index contributed by atoms with van der Waals surface area (Å²) in [6.07, 6.45) is 0. The molecule has 1 aromatic rings. The minimum atomic E-state index is -0.604. The second-order valence-electron chi connectivity index (χ2n) is 4.22. The molecule has 0 saturated carbocycles. The van der Waals surface area contributed by atoms with Crippen molar-refractivity contribution in [1.29, 1.82) is 0 Å². The van der Waals surface area contributed by atoms with E-state index in [9.17, 15) is 13.6 Å². The Morgan fingerprint density at radius 2 is 2.06 bits per heavy atom. The zero-order chi connectivity index (χ0) is 13.7. The van der Waals surface area contributed by atoms with Crippen molar-refractivity contribution >= 4 is 5.97 Å². The fourth-order valence-corrected chi connectivity index (χ4v) is 1.50. The first-order chi connectivity index (χ1) is 8.45. The van der Waals surface area contributed by atoms with Crippen LogP contribution in [0.25, 0.3) is 0 Å². The lowest BCUT2D eigenvalue weighted by atomic mass is 10.0. The molecule has 1 rings (SSSR count). The van der Waals surface area contributed by atoms with Gasteiger partial charge in [-0.1, -0.05) is 13.0 Å². The van der Waals surface area contributed by atoms with Gasteiger partial charge >= 0.3 is 5.97 Å². The van der Waals surface area contributed by atoms with Crippen LogP contribution in [0.5, 0.6) is 0 Å². The minimum Gasteiger partial charge on any atom is -0.469 e. The van der Waals surface area contributed by atoms with E-state index in [1.54, 1.807) is 6.92 Å². The minimum absolute atomic E-state index is 0.165. The maximum absolute atomic E-state index is 13.4. The van der Waals surface area contributed by atoms with Gasteiger partial charge in [0.1, 0.15) is 11.6 Å². The highest BCUT2D eigenvalue weighted by Crippen LogP contribution is 2.11. The topological polar surface area (TPSA) is 38.3 Å². The van der Waals surface area contributed by atoms with E-state index in [-0.39, 0.29) is 24.5 Å². The van der Waals surface area contributed by atoms with Crippen LogP contribution in [-0.2, 0) is 16.1 Å². The number of ether oxygens (including phenoxy) is 1. The fourth-order valence-electron chi connectivity index (χ4n) is 1.50. The van der Waals surface area contributed by atoms with Crippen LogP contribution in [0.2, 0.25) is 0 Å². The van der Waals surface area contributed by atoms with Gasteiger partial charge in [-0.3, -0.25) is 4.79 Å². The lowest BCUT2D eigenvalue weighted by Gasteiger charge is -2.19. The van der Waals surface area contributed by atoms with E-state index in [0.29, 0.717) is 5.56 Å². The summed E-state index contributed by atoms with van der Waals surface area (Å²) in [5.41, 5.74) is 0.361. The third-order valence-electron chi connectivity index (χ3n) is 2.95. The molecule has 0 spiro atoms. The lowest BCUT2D eigenvalue weighted by molar-refractivity contribution is -0.145. The smallest absolute Gasteiger partial charge is 0.309 e. The van der Waals surface area contributed by atoms with E-state index in [2.05, 4.69) is 10.1 Å². The van der Waals surface area contributed by atoms with Crippen LogP contribution >= 0.6 is 0 Å². The Morgan fingerprint density at radius 1 is 1.39 bits per heavy atom. The zero-order valence-corrected chi connectivity index (χ0v) is 10.7. The van der Waals surface area contributed by atoms with Crippen molar-refractivity contribution in [2.45, 2.75) is 26.4 Å². The quantitative estimate of drug-likeness (QED) is 0.822. The molecule has 5 heteroatoms. The number of hydrogen-bond acceptors (Lipinski definition) is 3. The second-order valence-corrected chi connectivity index (χ2v) is 4.22. The maximum atomic E-state index is 13.4. The summed E-state index contributed by atoms with van der Waals surface area (Å²) in [6.45, 7) is 3.77. The number of carbonyl (C=O) groups excluding carboxylic acids is 1. The molecule has 0 saturated heterocycles. The Labute approximate surface area is 105 Å². The highest BCUT2D eigenvalue weighted by molar-refractivity contribution is 5.72. The van der Waals surface area contributed by atoms with Gasteiger partial charge in [0.2, 0.25) is 0 Å². The molecule has 1 aromatic carbocycles. The van der Waals surface area contributed by atoms with Gasteiger partial charge in [-0.2, -0.15) is 0 Å². The monoisotopic (exact) mass is 257 g/mol. The Kier molecular flexibility index (Phi) is 5.22. The van der Waals surface area contributed by atoms with Crippen LogP contribution in [-0.4, -0.2) is 19.1 Å². The van der Waals surface area contributed by atoms with E-state index in [1.807, 2.05) is 6.92 Å². The lowest BCUT2D eigenvalue weighted by Crippen LogP contribution is -2.36. The van der Waals surface area contributed by atoms with Gasteiger partial charge < -0.3 is 10.1 Å². The molecule has 2 unspecified atom stereocenters. The van der Waals surface area contributed by atoms with Crippen molar-refractivity contribution in [3.05, 3.63) is 35.4 Å². The van der Waals surface area contributed by atoms with Gasteiger partial charge in [0.05, 0.1) is 13.0 Å². The van der Waals surface area contributed by atoms with Crippen molar-refractivity contribution in [1.82, 2.24) is 5.32 Å². The van der Waals surface area contributed by atoms with E-state index in [1.165, 1.54) is 19.2 Å². The number of hydrogen-bond donors (Lipinski definition) is 1. The van der Waals surface area contributed by atoms with Gasteiger partial charge in [-0.05, 0) is 13.0 Å². The summed E-state index contributed by atoms with van der Waals surface area (Å²) >= 11 is 0. The molecule has 0 amide bonds. The number of rotatable bonds is 5. The van der Waals surface area contributed by atoms with Crippen molar-refractivity contribution in [3.8, 4) is 0 Å². The molecular weight excluding hydrogens is 240 g/mol. The molecule has 0 aliphatic rings. The zero-order valence-electron chi connectivity index (χ0n) is 10.7. The number of carbonyl (C=O) groups is 1. The Bertz CT molecular complexity index is 423. The standard InChI is InChI=1S/C13H17F2NO2/c1-8(13(17)18-3)9(2)16-7-10-4-5-11(14)6-12(10)15/h4-6,8-9,16H,7H2,1-3H3. The Morgan fingerprint density at radius 3 is 2.61 bits per heavy atom. The number of methoxy groups -OCH3 is 1. The van der Waals surface area contributed by atoms with Gasteiger partial charge in [0.25, 0.3) is 0 Å². The molecule has 0 fully saturated rings. The predicted molar refractivity (Wildman–Crippen MR) is 63.8 cm³/mol. The summed E-state index contributed by atoms with van der Waals surface area (Å²) < 4.78 is 30.7. The molecule has 0 heterocycles. The molecule has 0 aromatic heterocycles. The maximum Gasteiger partial charge on any atom is 0.309 e. The molecule has 2 atom stereocenters. The van der Waals surface area contributed by atoms with E-state index in [0.717, 1.165) is 6.07 Å². The molecule has 0 aliphatic heterocycles. The third-order valence-corrected chi connectivity index (χ3v) is 2.95. The molecule has 0 bridgehead atoms. The molecule has 18 heavy (non-hydrogen) atoms. The average molecular weight is 257 g/mol. The van der Waals surface area contributed by atoms with E-state index in [4.69, 9.17) is 0 Å². The highest BCUT2D eigenvalue weighted by Gasteiger charge is 2.20. The molecule has 100 valence electrons. The van der Waals surface area contributed by atoms with Gasteiger partial charge in [0, 0.05) is 24.2 Å². The molecule has 0 radical (unpaired) electrons. The largest absolute Gasteiger partial charge is 0.469 e. The first-order valence-corrected chi connectivity index (χ1v) is 5.70. The third kappa shape index (κ3) is 3.77. The first-order valence-electron chi connectivity index (χ1n) is 5.70. The number of benzene rings is 1. The van der Waals surface area contributed by atoms with Gasteiger partial charge in [0.15, 0.2) is 0 Å². The number of nitrogens with one attached hydrogen (secondary N) is 1. The van der Waals surface area contributed by atoms with Crippen LogP contribution in [0.3, 0.4) is 0 Å². The summed E-state index contributed by atoms with van der Waals surface area (Å²) in [4.78, 5) is 11.3. The highest BCUT2D eigenvalue weighted by atomic mass is 19.1. The molecule has 3 nitrogen and oxygen atoms in total. The first kappa shape index (κ1) is 14.6. The van der Waals surface area contributed by atoms with Crippen LogP contribution in [0, 0.1) is 17.6 Å². The van der Waals surface area contributed by atoms with Crippen molar-refractivity contribution < 1.29 is 18.3 Å². The van der Waals surface area contributed by atoms with Crippen molar-refractivity contribution in [2.75, 3.05) is 7.11 Å². The van der Waals surface area contributed by atoms with Crippen LogP contribution < -0.4 is 5.32 Å². The summed E-state index contributed by atoms with van der Waals surface area (Å²) in [5.74, 6) is -1.86. The van der Waals surface area contributed by atoms with E-state index < -0.39 is 11.6 Å². The van der Waals surface area contributed by atoms with Crippen LogP contribution in [0.4, 0.5) is 8.78 Å². The fraction of sp³-hybridized carbons (Fsp3) is 0.462. The SMILES string of the molecule is COC(=O)C(C)C(C)NCc1ccc(F)cc1F. The van der Waals surface area contributed by atoms with Gasteiger partial charge in [-0.15, -0.1) is 0 Å². The number of esters is 1. The van der Waals surface area contributed by atoms with Crippen molar-refractivity contribution in [3.63, 3.8) is 0 Å². The van der Waals surface area contributed by atoms with Crippen molar-refractivity contribution in [2.24, 2.45) is 5.92 Å². The molecule has 0 aliphatic carbocycles. The van der Waals surface area contributed by atoms with E-state index >= 15 is 0 Å². The Balaban J connectivity index is 2.57. The second kappa shape index (κ2) is 6.44. The van der Waals surface area contributed by atoms with Crippen LogP contribution in [0.15, 0.2) is 18.2 Å². The molecule has 1 N–H and O–H groups in total. The van der Waals surface area contributed by atoms with Crippen LogP contribution in [0.1, 0.15) is 19.4 Å². The number of halogens is 2. The molecular formula is C13H17F2NO2. The predicted octanol–water partition coefficient (Wildman–Crippen LogP) is 2.25. The average Bonchev–Trinajstić information content (AvgIpc) is 2.35. The Hall–Kier alpha value is -1.49.